The van der Waals surface area contributed by atoms with Crippen LogP contribution in [0.2, 0.25) is 0 Å². The summed E-state index contributed by atoms with van der Waals surface area (Å²) in [7, 11) is 0. The minimum Gasteiger partial charge on any atom is -0.457 e. The number of aromatic nitrogens is 1. The molecule has 1 saturated heterocycles. The number of carbonyl (C=O) groups is 1. The largest absolute Gasteiger partial charge is 0.457 e. The fraction of sp³-hybridized carbons (Fsp3) is 0.400. The molecule has 1 N–H and O–H groups in total. The Morgan fingerprint density at radius 1 is 1.20 bits per heavy atom. The molecule has 3 rings (SSSR count). The number of amides is 1. The molecule has 1 fully saturated rings. The number of nitrogens with zero attached hydrogens (tertiary/aromatic N) is 2. The van der Waals surface area contributed by atoms with E-state index in [-0.39, 0.29) is 5.91 Å². The van der Waals surface area contributed by atoms with Crippen LogP contribution < -0.4 is 10.1 Å². The zero-order chi connectivity index (χ0) is 17.5. The molecule has 0 radical (unpaired) electrons. The van der Waals surface area contributed by atoms with E-state index in [1.54, 1.807) is 24.5 Å². The molecule has 5 nitrogen and oxygen atoms in total. The van der Waals surface area contributed by atoms with Crippen LogP contribution >= 0.6 is 0 Å². The highest BCUT2D eigenvalue weighted by molar-refractivity contribution is 5.94. The van der Waals surface area contributed by atoms with Crippen LogP contribution in [0.5, 0.6) is 11.5 Å². The van der Waals surface area contributed by atoms with Crippen molar-refractivity contribution in [3.8, 4) is 11.5 Å². The molecule has 0 spiro atoms. The third kappa shape index (κ3) is 4.57. The molecule has 25 heavy (non-hydrogen) atoms. The Labute approximate surface area is 149 Å². The van der Waals surface area contributed by atoms with E-state index < -0.39 is 0 Å². The highest BCUT2D eigenvalue weighted by Gasteiger charge is 2.25. The lowest BCUT2D eigenvalue weighted by molar-refractivity contribution is 0.0642. The van der Waals surface area contributed by atoms with Crippen molar-refractivity contribution in [3.63, 3.8) is 0 Å². The minimum atomic E-state index is 0.0916. The SMILES string of the molecule is CCCN(C(=O)c1cccc(Oc2ccncc2)c1)C1CCNCC1. The second-order valence-corrected chi connectivity index (χ2v) is 6.29. The number of hydrogen-bond acceptors (Lipinski definition) is 4. The van der Waals surface area contributed by atoms with Gasteiger partial charge in [-0.3, -0.25) is 9.78 Å². The van der Waals surface area contributed by atoms with Crippen molar-refractivity contribution in [2.45, 2.75) is 32.2 Å². The molecular weight excluding hydrogens is 314 g/mol. The van der Waals surface area contributed by atoms with Crippen molar-refractivity contribution in [2.24, 2.45) is 0 Å². The summed E-state index contributed by atoms with van der Waals surface area (Å²) in [6.45, 7) is 4.86. The Kier molecular flexibility index (Phi) is 6.01. The normalized spacial score (nSPS) is 14.9. The van der Waals surface area contributed by atoms with Crippen molar-refractivity contribution in [3.05, 3.63) is 54.4 Å². The molecule has 0 saturated carbocycles. The van der Waals surface area contributed by atoms with Crippen LogP contribution in [0.1, 0.15) is 36.5 Å². The fourth-order valence-corrected chi connectivity index (χ4v) is 3.21. The molecule has 0 bridgehead atoms. The first kappa shape index (κ1) is 17.4. The fourth-order valence-electron chi connectivity index (χ4n) is 3.21. The van der Waals surface area contributed by atoms with E-state index in [1.807, 2.05) is 29.2 Å². The number of nitrogens with one attached hydrogen (secondary N) is 1. The molecule has 132 valence electrons. The third-order valence-corrected chi connectivity index (χ3v) is 4.44. The van der Waals surface area contributed by atoms with E-state index in [0.717, 1.165) is 38.9 Å². The van der Waals surface area contributed by atoms with E-state index in [9.17, 15) is 4.79 Å². The summed E-state index contributed by atoms with van der Waals surface area (Å²) in [5.74, 6) is 1.47. The van der Waals surface area contributed by atoms with Gasteiger partial charge in [-0.2, -0.15) is 0 Å². The molecule has 2 aromatic rings. The second kappa shape index (κ2) is 8.62. The molecule has 2 heterocycles. The molecule has 1 amide bonds. The number of hydrogen-bond donors (Lipinski definition) is 1. The summed E-state index contributed by atoms with van der Waals surface area (Å²) >= 11 is 0. The topological polar surface area (TPSA) is 54.5 Å². The van der Waals surface area contributed by atoms with Crippen LogP contribution in [-0.2, 0) is 0 Å². The predicted octanol–water partition coefficient (Wildman–Crippen LogP) is 3.48. The number of ether oxygens (including phenoxy) is 1. The van der Waals surface area contributed by atoms with Gasteiger partial charge in [0.15, 0.2) is 0 Å². The Balaban J connectivity index is 1.76. The monoisotopic (exact) mass is 339 g/mol. The van der Waals surface area contributed by atoms with Crippen LogP contribution in [0, 0.1) is 0 Å². The number of carbonyl (C=O) groups excluding carboxylic acids is 1. The van der Waals surface area contributed by atoms with E-state index in [0.29, 0.717) is 23.1 Å². The summed E-state index contributed by atoms with van der Waals surface area (Å²) in [6, 6.07) is 11.3. The number of rotatable bonds is 6. The van der Waals surface area contributed by atoms with Crippen molar-refractivity contribution in [2.75, 3.05) is 19.6 Å². The first-order valence-corrected chi connectivity index (χ1v) is 8.97. The zero-order valence-electron chi connectivity index (χ0n) is 14.6. The van der Waals surface area contributed by atoms with Gasteiger partial charge in [-0.15, -0.1) is 0 Å². The molecule has 1 aliphatic rings. The van der Waals surface area contributed by atoms with Crippen LogP contribution in [0.25, 0.3) is 0 Å². The maximum Gasteiger partial charge on any atom is 0.254 e. The number of pyridine rings is 1. The molecular formula is C20H25N3O2. The molecule has 1 aromatic carbocycles. The van der Waals surface area contributed by atoms with E-state index in [2.05, 4.69) is 17.2 Å². The highest BCUT2D eigenvalue weighted by atomic mass is 16.5. The van der Waals surface area contributed by atoms with Crippen molar-refractivity contribution < 1.29 is 9.53 Å². The Morgan fingerprint density at radius 3 is 2.68 bits per heavy atom. The van der Waals surface area contributed by atoms with Gasteiger partial charge < -0.3 is 15.0 Å². The summed E-state index contributed by atoms with van der Waals surface area (Å²) in [4.78, 5) is 19.1. The van der Waals surface area contributed by atoms with Gasteiger partial charge in [0.2, 0.25) is 0 Å². The highest BCUT2D eigenvalue weighted by Crippen LogP contribution is 2.23. The van der Waals surface area contributed by atoms with Crippen LogP contribution in [0.15, 0.2) is 48.8 Å². The predicted molar refractivity (Wildman–Crippen MR) is 98.0 cm³/mol. The van der Waals surface area contributed by atoms with E-state index >= 15 is 0 Å². The maximum atomic E-state index is 13.1. The van der Waals surface area contributed by atoms with Gasteiger partial charge in [0.25, 0.3) is 5.91 Å². The average molecular weight is 339 g/mol. The van der Waals surface area contributed by atoms with Crippen LogP contribution in [0.3, 0.4) is 0 Å². The quantitative estimate of drug-likeness (QED) is 0.875. The van der Waals surface area contributed by atoms with E-state index in [1.165, 1.54) is 0 Å². The average Bonchev–Trinajstić information content (AvgIpc) is 2.67. The Bertz CT molecular complexity index is 684. The minimum absolute atomic E-state index is 0.0916. The maximum absolute atomic E-state index is 13.1. The van der Waals surface area contributed by atoms with Gasteiger partial charge in [-0.05, 0) is 62.7 Å². The van der Waals surface area contributed by atoms with E-state index in [4.69, 9.17) is 4.74 Å². The molecule has 5 heteroatoms. The van der Waals surface area contributed by atoms with Gasteiger partial charge in [0, 0.05) is 30.5 Å². The lowest BCUT2D eigenvalue weighted by atomic mass is 10.0. The standard InChI is InChI=1S/C20H25N3O2/c1-2-14-23(17-6-10-21-11-7-17)20(24)16-4-3-5-19(15-16)25-18-8-12-22-13-9-18/h3-5,8-9,12-13,15,17,21H,2,6-7,10-11,14H2,1H3. The molecule has 0 unspecified atom stereocenters. The smallest absolute Gasteiger partial charge is 0.254 e. The molecule has 1 aliphatic heterocycles. The lowest BCUT2D eigenvalue weighted by Crippen LogP contribution is -2.46. The van der Waals surface area contributed by atoms with Gasteiger partial charge in [-0.25, -0.2) is 0 Å². The molecule has 1 aromatic heterocycles. The third-order valence-electron chi connectivity index (χ3n) is 4.44. The molecule has 0 aliphatic carbocycles. The summed E-state index contributed by atoms with van der Waals surface area (Å²) in [6.07, 6.45) is 6.36. The number of benzene rings is 1. The Morgan fingerprint density at radius 2 is 1.96 bits per heavy atom. The summed E-state index contributed by atoms with van der Waals surface area (Å²) in [5, 5.41) is 3.36. The van der Waals surface area contributed by atoms with Gasteiger partial charge in [-0.1, -0.05) is 13.0 Å². The summed E-state index contributed by atoms with van der Waals surface area (Å²) in [5.41, 5.74) is 0.679. The summed E-state index contributed by atoms with van der Waals surface area (Å²) < 4.78 is 5.83. The zero-order valence-corrected chi connectivity index (χ0v) is 14.6. The lowest BCUT2D eigenvalue weighted by Gasteiger charge is -2.34. The van der Waals surface area contributed by atoms with Gasteiger partial charge in [0.05, 0.1) is 0 Å². The van der Waals surface area contributed by atoms with Gasteiger partial charge >= 0.3 is 0 Å². The number of piperidine rings is 1. The van der Waals surface area contributed by atoms with Crippen LogP contribution in [0.4, 0.5) is 0 Å². The van der Waals surface area contributed by atoms with Gasteiger partial charge in [0.1, 0.15) is 11.5 Å². The first-order valence-electron chi connectivity index (χ1n) is 8.97. The van der Waals surface area contributed by atoms with Crippen molar-refractivity contribution >= 4 is 5.91 Å². The molecule has 0 atom stereocenters. The van der Waals surface area contributed by atoms with Crippen molar-refractivity contribution in [1.82, 2.24) is 15.2 Å². The second-order valence-electron chi connectivity index (χ2n) is 6.29. The van der Waals surface area contributed by atoms with Crippen LogP contribution in [-0.4, -0.2) is 41.5 Å². The van der Waals surface area contributed by atoms with Crippen molar-refractivity contribution in [1.29, 1.82) is 0 Å². The first-order chi connectivity index (χ1) is 12.3. The Hall–Kier alpha value is -2.40.